The van der Waals surface area contributed by atoms with Crippen LogP contribution in [0.2, 0.25) is 0 Å². The smallest absolute Gasteiger partial charge is 0.270 e. The molecule has 15 heavy (non-hydrogen) atoms. The first-order valence-electron chi connectivity index (χ1n) is 4.06. The summed E-state index contributed by atoms with van der Waals surface area (Å²) >= 11 is 0. The number of hydrogen-bond donors (Lipinski definition) is 1. The highest BCUT2D eigenvalue weighted by molar-refractivity contribution is 6.07. The highest BCUT2D eigenvalue weighted by Crippen LogP contribution is 2.14. The van der Waals surface area contributed by atoms with E-state index in [1.54, 1.807) is 0 Å². The number of Topliss-reactive ketones (excluding diaryl/α,β-unsaturated/α-hetero) is 1. The lowest BCUT2D eigenvalue weighted by Gasteiger charge is -1.97. The summed E-state index contributed by atoms with van der Waals surface area (Å²) in [6.07, 6.45) is -0.443. The first-order chi connectivity index (χ1) is 7.00. The Kier molecular flexibility index (Phi) is 3.12. The number of carbonyl (C=O) groups is 2. The predicted octanol–water partition coefficient (Wildman–Crippen LogP) is 0.653. The van der Waals surface area contributed by atoms with Crippen molar-refractivity contribution in [2.45, 2.75) is 6.42 Å². The van der Waals surface area contributed by atoms with E-state index >= 15 is 0 Å². The highest BCUT2D eigenvalue weighted by atomic mass is 16.6. The molecule has 0 atom stereocenters. The number of amides is 1. The maximum atomic E-state index is 11.3. The van der Waals surface area contributed by atoms with Crippen molar-refractivity contribution in [3.8, 4) is 0 Å². The Balaban J connectivity index is 2.95. The summed E-state index contributed by atoms with van der Waals surface area (Å²) in [4.78, 5) is 31.6. The third-order valence-electron chi connectivity index (χ3n) is 1.71. The van der Waals surface area contributed by atoms with E-state index in [0.29, 0.717) is 0 Å². The van der Waals surface area contributed by atoms with Crippen molar-refractivity contribution in [2.24, 2.45) is 5.73 Å². The third-order valence-corrected chi connectivity index (χ3v) is 1.71. The van der Waals surface area contributed by atoms with Crippen molar-refractivity contribution in [1.82, 2.24) is 0 Å². The second-order valence-electron chi connectivity index (χ2n) is 2.87. The zero-order valence-electron chi connectivity index (χ0n) is 7.67. The number of nitro benzene ring substituents is 1. The topological polar surface area (TPSA) is 103 Å². The van der Waals surface area contributed by atoms with Gasteiger partial charge in [-0.2, -0.15) is 0 Å². The molecule has 0 saturated heterocycles. The molecule has 0 aliphatic carbocycles. The number of nitrogens with zero attached hydrogens (tertiary/aromatic N) is 1. The molecule has 0 bridgehead atoms. The number of ketones is 1. The maximum Gasteiger partial charge on any atom is 0.270 e. The fraction of sp³-hybridized carbons (Fsp3) is 0.111. The summed E-state index contributed by atoms with van der Waals surface area (Å²) in [5, 5.41) is 10.4. The van der Waals surface area contributed by atoms with E-state index in [-0.39, 0.29) is 11.3 Å². The first kappa shape index (κ1) is 10.8. The summed E-state index contributed by atoms with van der Waals surface area (Å²) in [6.45, 7) is 0. The van der Waals surface area contributed by atoms with Gasteiger partial charge in [0.15, 0.2) is 5.78 Å². The summed E-state index contributed by atoms with van der Waals surface area (Å²) in [5.74, 6) is -1.28. The van der Waals surface area contributed by atoms with Crippen molar-refractivity contribution < 1.29 is 14.5 Å². The Bertz CT molecular complexity index is 428. The molecule has 0 aliphatic rings. The number of carbonyl (C=O) groups excluding carboxylic acids is 2. The molecule has 1 aromatic rings. The van der Waals surface area contributed by atoms with Crippen LogP contribution in [0.5, 0.6) is 0 Å². The Labute approximate surface area is 84.8 Å². The number of non-ortho nitro benzene ring substituents is 1. The van der Waals surface area contributed by atoms with Gasteiger partial charge in [-0.05, 0) is 0 Å². The molecule has 1 rings (SSSR count). The minimum Gasteiger partial charge on any atom is -0.369 e. The van der Waals surface area contributed by atoms with Crippen LogP contribution in [0.15, 0.2) is 24.3 Å². The van der Waals surface area contributed by atoms with Crippen LogP contribution in [0.25, 0.3) is 0 Å². The molecule has 0 unspecified atom stereocenters. The summed E-state index contributed by atoms with van der Waals surface area (Å²) in [5.41, 5.74) is 4.76. The van der Waals surface area contributed by atoms with Gasteiger partial charge in [0.05, 0.1) is 11.3 Å². The zero-order valence-corrected chi connectivity index (χ0v) is 7.67. The summed E-state index contributed by atoms with van der Waals surface area (Å²) < 4.78 is 0. The van der Waals surface area contributed by atoms with Gasteiger partial charge >= 0.3 is 0 Å². The van der Waals surface area contributed by atoms with Gasteiger partial charge in [0.1, 0.15) is 0 Å². The van der Waals surface area contributed by atoms with Crippen LogP contribution in [0.3, 0.4) is 0 Å². The molecule has 1 aromatic carbocycles. The van der Waals surface area contributed by atoms with Crippen LogP contribution in [0.4, 0.5) is 5.69 Å². The quantitative estimate of drug-likeness (QED) is 0.339. The molecule has 0 saturated carbocycles. The molecule has 0 aliphatic heterocycles. The van der Waals surface area contributed by atoms with Gasteiger partial charge in [-0.25, -0.2) is 0 Å². The predicted molar refractivity (Wildman–Crippen MR) is 51.2 cm³/mol. The SMILES string of the molecule is NC(=O)CC(=O)c1cccc([N+](=O)[O-])c1. The van der Waals surface area contributed by atoms with E-state index in [0.717, 1.165) is 6.07 Å². The molecule has 0 heterocycles. The molecular formula is C9H8N2O4. The fourth-order valence-electron chi connectivity index (χ4n) is 1.05. The minimum atomic E-state index is -0.758. The maximum absolute atomic E-state index is 11.3. The standard InChI is InChI=1S/C9H8N2O4/c10-9(13)5-8(12)6-2-1-3-7(4-6)11(14)15/h1-4H,5H2,(H2,10,13). The van der Waals surface area contributed by atoms with Crippen molar-refractivity contribution >= 4 is 17.4 Å². The first-order valence-corrected chi connectivity index (χ1v) is 4.06. The average Bonchev–Trinajstić information content (AvgIpc) is 2.17. The van der Waals surface area contributed by atoms with Crippen molar-refractivity contribution in [3.63, 3.8) is 0 Å². The van der Waals surface area contributed by atoms with Crippen LogP contribution in [-0.4, -0.2) is 16.6 Å². The Hall–Kier alpha value is -2.24. The number of primary amides is 1. The van der Waals surface area contributed by atoms with E-state index in [2.05, 4.69) is 0 Å². The lowest BCUT2D eigenvalue weighted by Crippen LogP contribution is -2.16. The third kappa shape index (κ3) is 2.87. The molecule has 1 amide bonds. The monoisotopic (exact) mass is 208 g/mol. The molecule has 78 valence electrons. The Morgan fingerprint density at radius 3 is 2.60 bits per heavy atom. The summed E-state index contributed by atoms with van der Waals surface area (Å²) in [6, 6.07) is 5.16. The largest absolute Gasteiger partial charge is 0.369 e. The molecule has 0 fully saturated rings. The number of nitro groups is 1. The average molecular weight is 208 g/mol. The van der Waals surface area contributed by atoms with Gasteiger partial charge in [-0.3, -0.25) is 19.7 Å². The molecule has 2 N–H and O–H groups in total. The van der Waals surface area contributed by atoms with E-state index in [4.69, 9.17) is 5.73 Å². The minimum absolute atomic E-state index is 0.114. The van der Waals surface area contributed by atoms with Gasteiger partial charge < -0.3 is 5.73 Å². The van der Waals surface area contributed by atoms with Crippen LogP contribution in [0, 0.1) is 10.1 Å². The van der Waals surface area contributed by atoms with E-state index in [1.165, 1.54) is 18.2 Å². The van der Waals surface area contributed by atoms with Crippen LogP contribution in [-0.2, 0) is 4.79 Å². The van der Waals surface area contributed by atoms with Gasteiger partial charge in [-0.15, -0.1) is 0 Å². The van der Waals surface area contributed by atoms with Crippen LogP contribution in [0.1, 0.15) is 16.8 Å². The molecule has 0 radical (unpaired) electrons. The van der Waals surface area contributed by atoms with Crippen LogP contribution >= 0.6 is 0 Å². The van der Waals surface area contributed by atoms with E-state index in [9.17, 15) is 19.7 Å². The summed E-state index contributed by atoms with van der Waals surface area (Å²) in [7, 11) is 0. The number of benzene rings is 1. The molecule has 6 nitrogen and oxygen atoms in total. The molecular weight excluding hydrogens is 200 g/mol. The van der Waals surface area contributed by atoms with Gasteiger partial charge in [0, 0.05) is 17.7 Å². The lowest BCUT2D eigenvalue weighted by atomic mass is 10.1. The number of hydrogen-bond acceptors (Lipinski definition) is 4. The fourth-order valence-corrected chi connectivity index (χ4v) is 1.05. The van der Waals surface area contributed by atoms with Gasteiger partial charge in [0.25, 0.3) is 5.69 Å². The van der Waals surface area contributed by atoms with Gasteiger partial charge in [0.2, 0.25) is 5.91 Å². The van der Waals surface area contributed by atoms with Crippen molar-refractivity contribution in [3.05, 3.63) is 39.9 Å². The lowest BCUT2D eigenvalue weighted by molar-refractivity contribution is -0.384. The zero-order chi connectivity index (χ0) is 11.4. The molecule has 6 heteroatoms. The molecule has 0 spiro atoms. The second-order valence-corrected chi connectivity index (χ2v) is 2.87. The van der Waals surface area contributed by atoms with Gasteiger partial charge in [-0.1, -0.05) is 12.1 Å². The highest BCUT2D eigenvalue weighted by Gasteiger charge is 2.12. The van der Waals surface area contributed by atoms with Crippen molar-refractivity contribution in [2.75, 3.05) is 0 Å². The normalized spacial score (nSPS) is 9.60. The van der Waals surface area contributed by atoms with Crippen LogP contribution < -0.4 is 5.73 Å². The number of nitrogens with two attached hydrogens (primary N) is 1. The van der Waals surface area contributed by atoms with E-state index in [1.807, 2.05) is 0 Å². The van der Waals surface area contributed by atoms with Crippen molar-refractivity contribution in [1.29, 1.82) is 0 Å². The Morgan fingerprint density at radius 1 is 1.40 bits per heavy atom. The van der Waals surface area contributed by atoms with E-state index < -0.39 is 23.0 Å². The number of rotatable bonds is 4. The second kappa shape index (κ2) is 4.32. The molecule has 0 aromatic heterocycles. The Morgan fingerprint density at radius 2 is 2.07 bits per heavy atom.